The summed E-state index contributed by atoms with van der Waals surface area (Å²) < 4.78 is 36.5. The summed E-state index contributed by atoms with van der Waals surface area (Å²) in [7, 11) is 0. The second-order valence-electron chi connectivity index (χ2n) is 3.19. The molecule has 0 aliphatic heterocycles. The van der Waals surface area contributed by atoms with Crippen molar-refractivity contribution in [1.82, 2.24) is 14.9 Å². The van der Waals surface area contributed by atoms with Gasteiger partial charge in [0.15, 0.2) is 11.4 Å². The van der Waals surface area contributed by atoms with Crippen LogP contribution in [0.5, 0.6) is 0 Å². The minimum Gasteiger partial charge on any atom is -0.345 e. The van der Waals surface area contributed by atoms with E-state index in [0.29, 0.717) is 0 Å². The second kappa shape index (κ2) is 5.19. The fourth-order valence-electron chi connectivity index (χ4n) is 1.11. The van der Waals surface area contributed by atoms with Gasteiger partial charge in [-0.05, 0) is 0 Å². The van der Waals surface area contributed by atoms with E-state index >= 15 is 0 Å². The number of halogens is 3. The van der Waals surface area contributed by atoms with Crippen LogP contribution in [0.1, 0.15) is 11.4 Å². The highest BCUT2D eigenvalue weighted by Gasteiger charge is 2.27. The highest BCUT2D eigenvalue weighted by Crippen LogP contribution is 2.12. The number of hydrogen-bond acceptors (Lipinski definition) is 4. The quantitative estimate of drug-likeness (QED) is 0.842. The number of rotatable bonds is 3. The van der Waals surface area contributed by atoms with Crippen LogP contribution >= 0.6 is 0 Å². The number of amides is 1. The van der Waals surface area contributed by atoms with Crippen molar-refractivity contribution in [3.8, 4) is 12.1 Å². The van der Waals surface area contributed by atoms with Crippen LogP contribution in [-0.4, -0.2) is 28.2 Å². The molecule has 0 saturated heterocycles. The third-order valence-electron chi connectivity index (χ3n) is 1.85. The monoisotopic (exact) mass is 257 g/mol. The lowest BCUT2D eigenvalue weighted by atomic mass is 10.3. The average Bonchev–Trinajstić information content (AvgIpc) is 2.67. The molecule has 18 heavy (non-hydrogen) atoms. The molecule has 6 nitrogen and oxygen atoms in total. The van der Waals surface area contributed by atoms with Crippen LogP contribution in [0.2, 0.25) is 0 Å². The van der Waals surface area contributed by atoms with Crippen molar-refractivity contribution in [2.24, 2.45) is 0 Å². The van der Waals surface area contributed by atoms with E-state index in [9.17, 15) is 18.0 Å². The van der Waals surface area contributed by atoms with E-state index in [4.69, 9.17) is 10.5 Å². The third-order valence-corrected chi connectivity index (χ3v) is 1.85. The fraction of sp³-hybridized carbons (Fsp3) is 0.333. The normalized spacial score (nSPS) is 10.5. The van der Waals surface area contributed by atoms with Gasteiger partial charge in [-0.25, -0.2) is 4.98 Å². The average molecular weight is 257 g/mol. The van der Waals surface area contributed by atoms with Crippen LogP contribution in [0.15, 0.2) is 6.33 Å². The summed E-state index contributed by atoms with van der Waals surface area (Å²) in [4.78, 5) is 14.7. The van der Waals surface area contributed by atoms with Gasteiger partial charge in [0, 0.05) is 0 Å². The predicted molar refractivity (Wildman–Crippen MR) is 50.7 cm³/mol. The number of aromatic nitrogens is 2. The molecular formula is C9H6F3N5O. The summed E-state index contributed by atoms with van der Waals surface area (Å²) in [5.41, 5.74) is -0.346. The first kappa shape index (κ1) is 13.5. The molecule has 0 bridgehead atoms. The maximum atomic E-state index is 11.8. The van der Waals surface area contributed by atoms with E-state index in [2.05, 4.69) is 4.98 Å². The maximum Gasteiger partial charge on any atom is 0.405 e. The molecule has 1 N–H and O–H groups in total. The largest absolute Gasteiger partial charge is 0.405 e. The molecule has 0 aliphatic carbocycles. The first-order valence-electron chi connectivity index (χ1n) is 4.56. The molecule has 0 atom stereocenters. The zero-order chi connectivity index (χ0) is 13.8. The Balaban J connectivity index is 2.69. The van der Waals surface area contributed by atoms with Gasteiger partial charge in [0.1, 0.15) is 25.2 Å². The van der Waals surface area contributed by atoms with E-state index < -0.39 is 25.2 Å². The molecule has 0 radical (unpaired) electrons. The van der Waals surface area contributed by atoms with Crippen LogP contribution in [0.3, 0.4) is 0 Å². The number of imidazole rings is 1. The molecule has 1 heterocycles. The molecule has 0 unspecified atom stereocenters. The summed E-state index contributed by atoms with van der Waals surface area (Å²) in [6, 6.07) is 3.28. The predicted octanol–water partition coefficient (Wildman–Crippen LogP) is 0.305. The standard InChI is InChI=1S/C9H6F3N5O/c10-9(11,12)4-15-8(18)3-17-5-16-6(1-13)7(17)2-14/h5H,3-4H2,(H,15,18). The topological polar surface area (TPSA) is 94.5 Å². The SMILES string of the molecule is N#Cc1ncn(CC(=O)NCC(F)(F)F)c1C#N. The van der Waals surface area contributed by atoms with Crippen LogP contribution < -0.4 is 5.32 Å². The highest BCUT2D eigenvalue weighted by molar-refractivity contribution is 5.76. The Kier molecular flexibility index (Phi) is 3.89. The molecule has 0 aromatic carbocycles. The molecule has 0 spiro atoms. The second-order valence-corrected chi connectivity index (χ2v) is 3.19. The zero-order valence-corrected chi connectivity index (χ0v) is 8.82. The minimum atomic E-state index is -4.50. The molecule has 0 fully saturated rings. The van der Waals surface area contributed by atoms with Gasteiger partial charge in [-0.15, -0.1) is 0 Å². The van der Waals surface area contributed by atoms with Crippen molar-refractivity contribution >= 4 is 5.91 Å². The van der Waals surface area contributed by atoms with E-state index in [0.717, 1.165) is 10.9 Å². The Morgan fingerprint density at radius 2 is 2.11 bits per heavy atom. The maximum absolute atomic E-state index is 11.8. The lowest BCUT2D eigenvalue weighted by Gasteiger charge is -2.08. The van der Waals surface area contributed by atoms with Gasteiger partial charge < -0.3 is 9.88 Å². The van der Waals surface area contributed by atoms with E-state index in [1.807, 2.05) is 0 Å². The number of carbonyl (C=O) groups is 1. The molecule has 9 heteroatoms. The van der Waals surface area contributed by atoms with Crippen molar-refractivity contribution in [2.75, 3.05) is 6.54 Å². The van der Waals surface area contributed by atoms with Crippen molar-refractivity contribution < 1.29 is 18.0 Å². The van der Waals surface area contributed by atoms with Crippen LogP contribution in [0.25, 0.3) is 0 Å². The first-order chi connectivity index (χ1) is 8.37. The lowest BCUT2D eigenvalue weighted by Crippen LogP contribution is -2.35. The smallest absolute Gasteiger partial charge is 0.345 e. The van der Waals surface area contributed by atoms with E-state index in [1.54, 1.807) is 17.5 Å². The summed E-state index contributed by atoms with van der Waals surface area (Å²) in [6.07, 6.45) is -3.45. The number of alkyl halides is 3. The van der Waals surface area contributed by atoms with Gasteiger partial charge in [-0.3, -0.25) is 4.79 Å². The van der Waals surface area contributed by atoms with Gasteiger partial charge in [0.25, 0.3) is 0 Å². The van der Waals surface area contributed by atoms with Crippen molar-refractivity contribution in [3.05, 3.63) is 17.7 Å². The van der Waals surface area contributed by atoms with Gasteiger partial charge >= 0.3 is 6.18 Å². The van der Waals surface area contributed by atoms with Gasteiger partial charge in [-0.2, -0.15) is 23.7 Å². The summed E-state index contributed by atoms with van der Waals surface area (Å²) in [5, 5.41) is 18.9. The fourth-order valence-corrected chi connectivity index (χ4v) is 1.11. The zero-order valence-electron chi connectivity index (χ0n) is 8.82. The van der Waals surface area contributed by atoms with Crippen LogP contribution in [0, 0.1) is 22.7 Å². The number of nitrogens with zero attached hydrogens (tertiary/aromatic N) is 4. The molecule has 1 rings (SSSR count). The number of hydrogen-bond donors (Lipinski definition) is 1. The van der Waals surface area contributed by atoms with Gasteiger partial charge in [0.05, 0.1) is 6.33 Å². The Labute approximate surface area is 99.3 Å². The Morgan fingerprint density at radius 1 is 1.44 bits per heavy atom. The van der Waals surface area contributed by atoms with Gasteiger partial charge in [0.2, 0.25) is 5.91 Å². The molecule has 0 aliphatic rings. The third kappa shape index (κ3) is 3.49. The molecule has 0 saturated carbocycles. The summed E-state index contributed by atoms with van der Waals surface area (Å²) >= 11 is 0. The molecule has 94 valence electrons. The van der Waals surface area contributed by atoms with Gasteiger partial charge in [-0.1, -0.05) is 0 Å². The van der Waals surface area contributed by atoms with Crippen molar-refractivity contribution in [1.29, 1.82) is 10.5 Å². The van der Waals surface area contributed by atoms with E-state index in [1.165, 1.54) is 0 Å². The Hall–Kier alpha value is -2.55. The number of nitrogens with one attached hydrogen (secondary N) is 1. The van der Waals surface area contributed by atoms with E-state index in [-0.39, 0.29) is 11.4 Å². The lowest BCUT2D eigenvalue weighted by molar-refractivity contribution is -0.138. The summed E-state index contributed by atoms with van der Waals surface area (Å²) in [5.74, 6) is -0.925. The molecule has 1 aromatic rings. The Bertz CT molecular complexity index is 534. The summed E-state index contributed by atoms with van der Waals surface area (Å²) in [6.45, 7) is -1.96. The van der Waals surface area contributed by atoms with Crippen LogP contribution in [0.4, 0.5) is 13.2 Å². The molecule has 1 amide bonds. The number of nitriles is 2. The van der Waals surface area contributed by atoms with Crippen molar-refractivity contribution in [3.63, 3.8) is 0 Å². The number of carbonyl (C=O) groups excluding carboxylic acids is 1. The Morgan fingerprint density at radius 3 is 2.61 bits per heavy atom. The molecule has 1 aromatic heterocycles. The first-order valence-corrected chi connectivity index (χ1v) is 4.56. The highest BCUT2D eigenvalue weighted by atomic mass is 19.4. The van der Waals surface area contributed by atoms with Crippen LogP contribution in [-0.2, 0) is 11.3 Å². The molecular weight excluding hydrogens is 251 g/mol. The minimum absolute atomic E-state index is 0.167. The van der Waals surface area contributed by atoms with Crippen molar-refractivity contribution in [2.45, 2.75) is 12.7 Å².